The quantitative estimate of drug-likeness (QED) is 0.350. The topological polar surface area (TPSA) is 61.2 Å². The van der Waals surface area contributed by atoms with Crippen LogP contribution in [0.25, 0.3) is 11.0 Å². The lowest BCUT2D eigenvalue weighted by molar-refractivity contribution is -0.137. The summed E-state index contributed by atoms with van der Waals surface area (Å²) in [5.74, 6) is -1.85. The van der Waals surface area contributed by atoms with Crippen molar-refractivity contribution >= 4 is 28.6 Å². The first kappa shape index (κ1) is 20.8. The van der Waals surface area contributed by atoms with E-state index in [1.54, 1.807) is 6.92 Å². The molecule has 3 aromatic rings. The molecule has 0 atom stereocenters. The number of alkyl halides is 3. The SMILES string of the molecule is CCOC(=O)c1cn(Cc2ccc(C(F)(F)F)cc2)c2nc(Cl)c(F)cc2c1=O. The maximum Gasteiger partial charge on any atom is 0.416 e. The predicted molar refractivity (Wildman–Crippen MR) is 97.5 cm³/mol. The molecule has 0 saturated carbocycles. The second-order valence-electron chi connectivity index (χ2n) is 6.05. The third-order valence-electron chi connectivity index (χ3n) is 4.09. The van der Waals surface area contributed by atoms with E-state index in [1.165, 1.54) is 22.9 Å². The van der Waals surface area contributed by atoms with Gasteiger partial charge in [-0.1, -0.05) is 23.7 Å². The minimum Gasteiger partial charge on any atom is -0.462 e. The number of rotatable bonds is 4. The van der Waals surface area contributed by atoms with E-state index in [-0.39, 0.29) is 29.7 Å². The number of benzene rings is 1. The average molecular weight is 429 g/mol. The van der Waals surface area contributed by atoms with E-state index < -0.39 is 34.1 Å². The zero-order valence-electron chi connectivity index (χ0n) is 14.9. The third kappa shape index (κ3) is 4.24. The van der Waals surface area contributed by atoms with Crippen LogP contribution in [0.3, 0.4) is 0 Å². The van der Waals surface area contributed by atoms with Crippen molar-refractivity contribution in [3.05, 3.63) is 74.4 Å². The van der Waals surface area contributed by atoms with Gasteiger partial charge < -0.3 is 9.30 Å². The minimum atomic E-state index is -4.48. The van der Waals surface area contributed by atoms with Crippen molar-refractivity contribution in [3.63, 3.8) is 0 Å². The maximum atomic E-state index is 13.9. The van der Waals surface area contributed by atoms with E-state index in [0.29, 0.717) is 5.56 Å². The molecule has 152 valence electrons. The number of halogens is 5. The molecule has 0 aliphatic carbocycles. The molecule has 0 aliphatic heterocycles. The van der Waals surface area contributed by atoms with Crippen LogP contribution in [0.4, 0.5) is 17.6 Å². The fraction of sp³-hybridized carbons (Fsp3) is 0.211. The van der Waals surface area contributed by atoms with Gasteiger partial charge in [-0.15, -0.1) is 0 Å². The van der Waals surface area contributed by atoms with Crippen LogP contribution >= 0.6 is 11.6 Å². The molecule has 0 N–H and O–H groups in total. The van der Waals surface area contributed by atoms with Crippen LogP contribution in [0.2, 0.25) is 5.15 Å². The second-order valence-corrected chi connectivity index (χ2v) is 6.41. The molecular weight excluding hydrogens is 416 g/mol. The van der Waals surface area contributed by atoms with Gasteiger partial charge in [0.05, 0.1) is 17.6 Å². The maximum absolute atomic E-state index is 13.9. The molecule has 0 spiro atoms. The molecule has 2 heterocycles. The summed E-state index contributed by atoms with van der Waals surface area (Å²) in [6.45, 7) is 1.53. The Morgan fingerprint density at radius 3 is 2.48 bits per heavy atom. The highest BCUT2D eigenvalue weighted by atomic mass is 35.5. The zero-order valence-corrected chi connectivity index (χ0v) is 15.6. The molecule has 0 amide bonds. The van der Waals surface area contributed by atoms with Crippen molar-refractivity contribution in [1.29, 1.82) is 0 Å². The van der Waals surface area contributed by atoms with Crippen LogP contribution in [0.5, 0.6) is 0 Å². The lowest BCUT2D eigenvalue weighted by Crippen LogP contribution is -2.22. The number of nitrogens with zero attached hydrogens (tertiary/aromatic N) is 2. The van der Waals surface area contributed by atoms with Crippen LogP contribution in [0.15, 0.2) is 41.3 Å². The summed E-state index contributed by atoms with van der Waals surface area (Å²) in [5, 5.41) is -0.689. The van der Waals surface area contributed by atoms with Crippen molar-refractivity contribution < 1.29 is 27.1 Å². The fourth-order valence-corrected chi connectivity index (χ4v) is 2.87. The van der Waals surface area contributed by atoms with Gasteiger partial charge in [0.15, 0.2) is 11.0 Å². The van der Waals surface area contributed by atoms with Gasteiger partial charge in [0.25, 0.3) is 0 Å². The Hall–Kier alpha value is -2.94. The van der Waals surface area contributed by atoms with Crippen molar-refractivity contribution in [2.24, 2.45) is 0 Å². The number of fused-ring (bicyclic) bond motifs is 1. The molecule has 10 heteroatoms. The number of hydrogen-bond acceptors (Lipinski definition) is 4. The minimum absolute atomic E-state index is 0.0163. The van der Waals surface area contributed by atoms with Crippen molar-refractivity contribution in [2.45, 2.75) is 19.6 Å². The average Bonchev–Trinajstić information content (AvgIpc) is 2.65. The molecule has 1 aromatic carbocycles. The molecule has 3 rings (SSSR count). The Kier molecular flexibility index (Phi) is 5.61. The molecule has 2 aromatic heterocycles. The first-order chi connectivity index (χ1) is 13.6. The second kappa shape index (κ2) is 7.82. The fourth-order valence-electron chi connectivity index (χ4n) is 2.73. The zero-order chi connectivity index (χ0) is 21.3. The Labute approximate surface area is 166 Å². The third-order valence-corrected chi connectivity index (χ3v) is 4.35. The Morgan fingerprint density at radius 2 is 1.90 bits per heavy atom. The largest absolute Gasteiger partial charge is 0.462 e. The van der Waals surface area contributed by atoms with Gasteiger partial charge >= 0.3 is 12.1 Å². The first-order valence-corrected chi connectivity index (χ1v) is 8.72. The normalized spacial score (nSPS) is 11.7. The molecular formula is C19H13ClF4N2O3. The summed E-state index contributed by atoms with van der Waals surface area (Å²) in [5.41, 5.74) is -1.55. The van der Waals surface area contributed by atoms with Crippen LogP contribution in [0.1, 0.15) is 28.4 Å². The summed E-state index contributed by atoms with van der Waals surface area (Å²) in [4.78, 5) is 28.6. The highest BCUT2D eigenvalue weighted by molar-refractivity contribution is 6.29. The van der Waals surface area contributed by atoms with Crippen LogP contribution in [-0.2, 0) is 17.5 Å². The first-order valence-electron chi connectivity index (χ1n) is 8.34. The standard InChI is InChI=1S/C19H13ClF4N2O3/c1-2-29-18(28)13-9-26(8-10-3-5-11(6-4-10)19(22,23)24)17-12(15(13)27)7-14(21)16(20)25-17/h3-7,9H,2,8H2,1H3. The van der Waals surface area contributed by atoms with Crippen molar-refractivity contribution in [2.75, 3.05) is 6.61 Å². The van der Waals surface area contributed by atoms with E-state index in [4.69, 9.17) is 16.3 Å². The van der Waals surface area contributed by atoms with Crippen molar-refractivity contribution in [3.8, 4) is 0 Å². The number of carbonyl (C=O) groups excluding carboxylic acids is 1. The predicted octanol–water partition coefficient (Wildman–Crippen LogP) is 4.43. The number of ether oxygens (including phenoxy) is 1. The van der Waals surface area contributed by atoms with Gasteiger partial charge in [-0.05, 0) is 30.7 Å². The molecule has 0 aliphatic rings. The summed E-state index contributed by atoms with van der Waals surface area (Å²) in [6, 6.07) is 5.18. The Morgan fingerprint density at radius 1 is 1.24 bits per heavy atom. The van der Waals surface area contributed by atoms with Crippen LogP contribution in [0, 0.1) is 5.82 Å². The van der Waals surface area contributed by atoms with Gasteiger partial charge in [-0.3, -0.25) is 4.79 Å². The molecule has 0 bridgehead atoms. The van der Waals surface area contributed by atoms with Gasteiger partial charge in [0.2, 0.25) is 5.43 Å². The number of carbonyl (C=O) groups is 1. The molecule has 0 unspecified atom stereocenters. The summed E-state index contributed by atoms with van der Waals surface area (Å²) in [6.07, 6.45) is -3.31. The lowest BCUT2D eigenvalue weighted by Gasteiger charge is -2.14. The highest BCUT2D eigenvalue weighted by Crippen LogP contribution is 2.29. The molecule has 0 radical (unpaired) electrons. The van der Waals surface area contributed by atoms with E-state index in [0.717, 1.165) is 18.2 Å². The summed E-state index contributed by atoms with van der Waals surface area (Å²) in [7, 11) is 0. The van der Waals surface area contributed by atoms with Crippen LogP contribution < -0.4 is 5.43 Å². The number of hydrogen-bond donors (Lipinski definition) is 0. The van der Waals surface area contributed by atoms with E-state index >= 15 is 0 Å². The smallest absolute Gasteiger partial charge is 0.416 e. The van der Waals surface area contributed by atoms with Gasteiger partial charge in [-0.25, -0.2) is 14.2 Å². The molecule has 0 fully saturated rings. The summed E-state index contributed by atoms with van der Waals surface area (Å²) < 4.78 is 58.3. The number of esters is 1. The van der Waals surface area contributed by atoms with Gasteiger partial charge in [0, 0.05) is 12.7 Å². The molecule has 5 nitrogen and oxygen atoms in total. The molecule has 0 saturated heterocycles. The van der Waals surface area contributed by atoms with Crippen molar-refractivity contribution in [1.82, 2.24) is 9.55 Å². The van der Waals surface area contributed by atoms with Gasteiger partial charge in [0.1, 0.15) is 11.2 Å². The van der Waals surface area contributed by atoms with E-state index in [9.17, 15) is 27.2 Å². The molecule has 29 heavy (non-hydrogen) atoms. The van der Waals surface area contributed by atoms with E-state index in [1.807, 2.05) is 0 Å². The summed E-state index contributed by atoms with van der Waals surface area (Å²) >= 11 is 5.72. The highest BCUT2D eigenvalue weighted by Gasteiger charge is 2.30. The Balaban J connectivity index is 2.15. The lowest BCUT2D eigenvalue weighted by atomic mass is 10.1. The monoisotopic (exact) mass is 428 g/mol. The van der Waals surface area contributed by atoms with Crippen LogP contribution in [-0.4, -0.2) is 22.1 Å². The van der Waals surface area contributed by atoms with E-state index in [2.05, 4.69) is 4.98 Å². The number of pyridine rings is 2. The van der Waals surface area contributed by atoms with Gasteiger partial charge in [-0.2, -0.15) is 13.2 Å². The number of aromatic nitrogens is 2. The Bertz CT molecular complexity index is 1140.